The number of nitrogens with zero attached hydrogens (tertiary/aromatic N) is 3. The van der Waals surface area contributed by atoms with Gasteiger partial charge >= 0.3 is 0 Å². The molecule has 3 rings (SSSR count). The van der Waals surface area contributed by atoms with E-state index in [-0.39, 0.29) is 5.95 Å². The summed E-state index contributed by atoms with van der Waals surface area (Å²) >= 11 is 5.89. The van der Waals surface area contributed by atoms with Crippen LogP contribution in [0, 0.1) is 0 Å². The quantitative estimate of drug-likeness (QED) is 0.375. The first-order chi connectivity index (χ1) is 13.2. The van der Waals surface area contributed by atoms with Gasteiger partial charge in [0.05, 0.1) is 0 Å². The first-order valence-corrected chi connectivity index (χ1v) is 8.70. The minimum absolute atomic E-state index is 0.0459. The number of hydrogen-bond acceptors (Lipinski definition) is 8. The molecule has 1 heterocycles. The van der Waals surface area contributed by atoms with E-state index in [1.807, 2.05) is 54.0 Å². The van der Waals surface area contributed by atoms with Crippen molar-refractivity contribution in [3.8, 4) is 0 Å². The van der Waals surface area contributed by atoms with Crippen LogP contribution in [0.1, 0.15) is 16.7 Å². The van der Waals surface area contributed by atoms with Crippen LogP contribution in [0.4, 0.5) is 17.8 Å². The van der Waals surface area contributed by atoms with E-state index in [2.05, 4.69) is 25.6 Å². The Hall–Kier alpha value is -2.94. The van der Waals surface area contributed by atoms with E-state index < -0.39 is 0 Å². The van der Waals surface area contributed by atoms with Gasteiger partial charge in [-0.15, -0.1) is 0 Å². The summed E-state index contributed by atoms with van der Waals surface area (Å²) in [6, 6.07) is 15.4. The smallest absolute Gasteiger partial charge is 0.253 e. The predicted molar refractivity (Wildman–Crippen MR) is 106 cm³/mol. The highest BCUT2D eigenvalue weighted by molar-refractivity contribution is 6.30. The molecule has 2 aromatic carbocycles. The standard InChI is InChI=1S/C18H20ClN7O/c19-15-7-5-14(6-8-15)11-22-17-23-16(24-18(25-17)26-27)21-10-13-3-1-12(9-20)2-4-13/h1-8,27H,9-11,20H2,(H3,21,22,23,24,25,26). The largest absolute Gasteiger partial charge is 0.350 e. The molecule has 1 aromatic heterocycles. The maximum absolute atomic E-state index is 9.16. The molecule has 0 aliphatic carbocycles. The number of halogens is 1. The summed E-state index contributed by atoms with van der Waals surface area (Å²) in [6.45, 7) is 1.54. The fourth-order valence-corrected chi connectivity index (χ4v) is 2.47. The van der Waals surface area contributed by atoms with Gasteiger partial charge in [-0.1, -0.05) is 48.0 Å². The van der Waals surface area contributed by atoms with Gasteiger partial charge in [0.2, 0.25) is 11.9 Å². The normalized spacial score (nSPS) is 10.5. The van der Waals surface area contributed by atoms with Gasteiger partial charge in [-0.05, 0) is 28.8 Å². The van der Waals surface area contributed by atoms with Crippen LogP contribution >= 0.6 is 11.6 Å². The molecule has 27 heavy (non-hydrogen) atoms. The Bertz CT molecular complexity index is 872. The van der Waals surface area contributed by atoms with Crippen molar-refractivity contribution in [3.05, 3.63) is 70.2 Å². The van der Waals surface area contributed by atoms with Crippen molar-refractivity contribution in [1.29, 1.82) is 0 Å². The Morgan fingerprint density at radius 3 is 1.67 bits per heavy atom. The minimum atomic E-state index is 0.0459. The van der Waals surface area contributed by atoms with Gasteiger partial charge in [0.1, 0.15) is 0 Å². The minimum Gasteiger partial charge on any atom is -0.350 e. The van der Waals surface area contributed by atoms with Crippen LogP contribution in [0.2, 0.25) is 5.02 Å². The summed E-state index contributed by atoms with van der Waals surface area (Å²) in [7, 11) is 0. The lowest BCUT2D eigenvalue weighted by atomic mass is 10.1. The zero-order valence-corrected chi connectivity index (χ0v) is 15.2. The Balaban J connectivity index is 1.65. The second kappa shape index (κ2) is 9.13. The molecule has 140 valence electrons. The van der Waals surface area contributed by atoms with E-state index in [4.69, 9.17) is 22.5 Å². The van der Waals surface area contributed by atoms with Crippen molar-refractivity contribution < 1.29 is 5.21 Å². The van der Waals surface area contributed by atoms with E-state index in [1.165, 1.54) is 0 Å². The molecule has 8 nitrogen and oxygen atoms in total. The fraction of sp³-hybridized carbons (Fsp3) is 0.167. The van der Waals surface area contributed by atoms with Crippen LogP contribution in [-0.4, -0.2) is 20.2 Å². The van der Waals surface area contributed by atoms with Crippen LogP contribution in [0.15, 0.2) is 48.5 Å². The van der Waals surface area contributed by atoms with Gasteiger partial charge in [0.15, 0.2) is 0 Å². The lowest BCUT2D eigenvalue weighted by Gasteiger charge is -2.10. The number of nitrogens with two attached hydrogens (primary N) is 1. The third-order valence-electron chi connectivity index (χ3n) is 3.81. The molecule has 0 saturated heterocycles. The molecule has 0 aliphatic heterocycles. The fourth-order valence-electron chi connectivity index (χ4n) is 2.34. The van der Waals surface area contributed by atoms with E-state index in [1.54, 1.807) is 0 Å². The number of rotatable bonds is 8. The first-order valence-electron chi connectivity index (χ1n) is 8.32. The molecule has 0 atom stereocenters. The summed E-state index contributed by atoms with van der Waals surface area (Å²) < 4.78 is 0. The van der Waals surface area contributed by atoms with E-state index in [0.29, 0.717) is 36.6 Å². The Labute approximate surface area is 161 Å². The Kier molecular flexibility index (Phi) is 6.37. The van der Waals surface area contributed by atoms with Crippen LogP contribution in [0.3, 0.4) is 0 Å². The molecule has 0 radical (unpaired) electrons. The molecule has 0 aliphatic rings. The summed E-state index contributed by atoms with van der Waals surface area (Å²) in [4.78, 5) is 12.5. The maximum Gasteiger partial charge on any atom is 0.253 e. The Morgan fingerprint density at radius 1 is 0.741 bits per heavy atom. The topological polar surface area (TPSA) is 121 Å². The van der Waals surface area contributed by atoms with Crippen molar-refractivity contribution in [1.82, 2.24) is 15.0 Å². The number of aromatic nitrogens is 3. The molecule has 0 bridgehead atoms. The number of hydrogen-bond donors (Lipinski definition) is 5. The zero-order valence-electron chi connectivity index (χ0n) is 14.5. The molecular formula is C18H20ClN7O. The average molecular weight is 386 g/mol. The first kappa shape index (κ1) is 18.8. The van der Waals surface area contributed by atoms with Gasteiger partial charge in [-0.25, -0.2) is 5.48 Å². The van der Waals surface area contributed by atoms with Crippen molar-refractivity contribution in [2.45, 2.75) is 19.6 Å². The molecule has 9 heteroatoms. The molecular weight excluding hydrogens is 366 g/mol. The van der Waals surface area contributed by atoms with Crippen molar-refractivity contribution in [2.75, 3.05) is 16.1 Å². The SMILES string of the molecule is NCc1ccc(CNc2nc(NO)nc(NCc3ccc(Cl)cc3)n2)cc1. The highest BCUT2D eigenvalue weighted by atomic mass is 35.5. The maximum atomic E-state index is 9.16. The Morgan fingerprint density at radius 2 is 1.19 bits per heavy atom. The van der Waals surface area contributed by atoms with Gasteiger partial charge in [0.25, 0.3) is 5.95 Å². The average Bonchev–Trinajstić information content (AvgIpc) is 2.72. The van der Waals surface area contributed by atoms with E-state index in [0.717, 1.165) is 16.7 Å². The molecule has 0 unspecified atom stereocenters. The van der Waals surface area contributed by atoms with Crippen LogP contribution in [0.25, 0.3) is 0 Å². The highest BCUT2D eigenvalue weighted by Gasteiger charge is 2.06. The van der Waals surface area contributed by atoms with Crippen LogP contribution < -0.4 is 21.8 Å². The van der Waals surface area contributed by atoms with Crippen molar-refractivity contribution in [2.24, 2.45) is 5.73 Å². The second-order valence-electron chi connectivity index (χ2n) is 5.77. The van der Waals surface area contributed by atoms with Gasteiger partial charge in [-0.2, -0.15) is 15.0 Å². The van der Waals surface area contributed by atoms with Crippen LogP contribution in [0.5, 0.6) is 0 Å². The van der Waals surface area contributed by atoms with E-state index >= 15 is 0 Å². The summed E-state index contributed by atoms with van der Waals surface area (Å²) in [6.07, 6.45) is 0. The third-order valence-corrected chi connectivity index (χ3v) is 4.06. The number of anilines is 3. The highest BCUT2D eigenvalue weighted by Crippen LogP contribution is 2.14. The number of nitrogens with one attached hydrogen (secondary N) is 3. The summed E-state index contributed by atoms with van der Waals surface area (Å²) in [5, 5.41) is 16.1. The van der Waals surface area contributed by atoms with Gasteiger partial charge in [0, 0.05) is 24.7 Å². The molecule has 0 saturated carbocycles. The van der Waals surface area contributed by atoms with E-state index in [9.17, 15) is 0 Å². The zero-order chi connectivity index (χ0) is 19.1. The monoisotopic (exact) mass is 385 g/mol. The van der Waals surface area contributed by atoms with Gasteiger partial charge in [-0.3, -0.25) is 5.21 Å². The van der Waals surface area contributed by atoms with Crippen LogP contribution in [-0.2, 0) is 19.6 Å². The molecule has 6 N–H and O–H groups in total. The number of benzene rings is 2. The van der Waals surface area contributed by atoms with Gasteiger partial charge < -0.3 is 16.4 Å². The van der Waals surface area contributed by atoms with Crippen molar-refractivity contribution >= 4 is 29.4 Å². The second-order valence-corrected chi connectivity index (χ2v) is 6.21. The summed E-state index contributed by atoms with van der Waals surface area (Å²) in [5.41, 5.74) is 10.7. The molecule has 0 spiro atoms. The predicted octanol–water partition coefficient (Wildman–Crippen LogP) is 3.01. The lowest BCUT2D eigenvalue weighted by Crippen LogP contribution is -2.11. The summed E-state index contributed by atoms with van der Waals surface area (Å²) in [5.74, 6) is 0.713. The molecule has 0 amide bonds. The molecule has 3 aromatic rings. The lowest BCUT2D eigenvalue weighted by molar-refractivity contribution is 0.382. The third kappa shape index (κ3) is 5.52. The molecule has 0 fully saturated rings. The van der Waals surface area contributed by atoms with Crippen molar-refractivity contribution in [3.63, 3.8) is 0 Å².